The first kappa shape index (κ1) is 14.0. The van der Waals surface area contributed by atoms with Crippen LogP contribution in [0.25, 0.3) is 0 Å². The van der Waals surface area contributed by atoms with E-state index in [0.717, 1.165) is 33.2 Å². The summed E-state index contributed by atoms with van der Waals surface area (Å²) in [5, 5.41) is 3.46. The lowest BCUT2D eigenvalue weighted by atomic mass is 10.2. The Labute approximate surface area is 114 Å². The molecular weight excluding hydrogens is 334 g/mol. The Hall–Kier alpha value is -0.0600. The molecule has 0 radical (unpaired) electrons. The van der Waals surface area contributed by atoms with Crippen LogP contribution in [0.2, 0.25) is 0 Å². The van der Waals surface area contributed by atoms with Crippen molar-refractivity contribution in [2.75, 3.05) is 7.11 Å². The van der Waals surface area contributed by atoms with Crippen LogP contribution in [0, 0.1) is 0 Å². The second kappa shape index (κ2) is 6.62. The van der Waals surface area contributed by atoms with E-state index in [0.29, 0.717) is 6.04 Å². The van der Waals surface area contributed by atoms with Gasteiger partial charge in [-0.25, -0.2) is 0 Å². The summed E-state index contributed by atoms with van der Waals surface area (Å²) in [4.78, 5) is 0. The highest BCUT2D eigenvalue weighted by Crippen LogP contribution is 2.32. The van der Waals surface area contributed by atoms with Gasteiger partial charge in [0.15, 0.2) is 0 Å². The summed E-state index contributed by atoms with van der Waals surface area (Å²) in [6.45, 7) is 5.17. The molecule has 0 heterocycles. The van der Waals surface area contributed by atoms with Gasteiger partial charge < -0.3 is 10.1 Å². The van der Waals surface area contributed by atoms with Gasteiger partial charge in [-0.3, -0.25) is 0 Å². The summed E-state index contributed by atoms with van der Waals surface area (Å²) in [5.74, 6) is 0.902. The third kappa shape index (κ3) is 3.75. The second-order valence-corrected chi connectivity index (χ2v) is 5.54. The Kier molecular flexibility index (Phi) is 5.79. The van der Waals surface area contributed by atoms with Crippen LogP contribution >= 0.6 is 31.9 Å². The molecule has 0 aliphatic heterocycles. The van der Waals surface area contributed by atoms with Crippen molar-refractivity contribution >= 4 is 31.9 Å². The van der Waals surface area contributed by atoms with Crippen LogP contribution < -0.4 is 10.1 Å². The van der Waals surface area contributed by atoms with Crippen molar-refractivity contribution in [2.45, 2.75) is 32.9 Å². The summed E-state index contributed by atoms with van der Waals surface area (Å²) < 4.78 is 7.42. The molecule has 4 heteroatoms. The smallest absolute Gasteiger partial charge is 0.137 e. The van der Waals surface area contributed by atoms with Gasteiger partial charge in [0.05, 0.1) is 11.6 Å². The molecule has 1 aromatic carbocycles. The molecule has 0 amide bonds. The van der Waals surface area contributed by atoms with Crippen LogP contribution in [0.15, 0.2) is 21.1 Å². The van der Waals surface area contributed by atoms with E-state index >= 15 is 0 Å². The molecule has 90 valence electrons. The van der Waals surface area contributed by atoms with Gasteiger partial charge in [0, 0.05) is 22.6 Å². The number of halogens is 2. The molecule has 16 heavy (non-hydrogen) atoms. The van der Waals surface area contributed by atoms with Gasteiger partial charge in [0.1, 0.15) is 5.75 Å². The normalized spacial score (nSPS) is 12.6. The van der Waals surface area contributed by atoms with Crippen LogP contribution in [0.5, 0.6) is 5.75 Å². The molecule has 0 fully saturated rings. The monoisotopic (exact) mass is 349 g/mol. The van der Waals surface area contributed by atoms with E-state index in [1.54, 1.807) is 7.11 Å². The predicted octanol–water partition coefficient (Wildman–Crippen LogP) is 4.11. The lowest BCUT2D eigenvalue weighted by Gasteiger charge is -2.15. The zero-order valence-corrected chi connectivity index (χ0v) is 13.0. The highest BCUT2D eigenvalue weighted by atomic mass is 79.9. The van der Waals surface area contributed by atoms with Crippen LogP contribution in [0.1, 0.15) is 25.8 Å². The molecule has 0 bridgehead atoms. The first-order valence-corrected chi connectivity index (χ1v) is 6.92. The summed E-state index contributed by atoms with van der Waals surface area (Å²) >= 11 is 6.99. The van der Waals surface area contributed by atoms with E-state index in [2.05, 4.69) is 57.1 Å². The molecule has 0 aromatic heterocycles. The second-order valence-electron chi connectivity index (χ2n) is 3.77. The van der Waals surface area contributed by atoms with E-state index in [4.69, 9.17) is 4.74 Å². The molecule has 0 saturated heterocycles. The van der Waals surface area contributed by atoms with E-state index < -0.39 is 0 Å². The minimum Gasteiger partial charge on any atom is -0.495 e. The van der Waals surface area contributed by atoms with Crippen molar-refractivity contribution in [2.24, 2.45) is 0 Å². The van der Waals surface area contributed by atoms with Gasteiger partial charge in [-0.15, -0.1) is 0 Å². The largest absolute Gasteiger partial charge is 0.495 e. The van der Waals surface area contributed by atoms with Crippen LogP contribution in [-0.4, -0.2) is 13.2 Å². The third-order valence-electron chi connectivity index (χ3n) is 2.54. The Morgan fingerprint density at radius 3 is 2.62 bits per heavy atom. The number of rotatable bonds is 5. The maximum Gasteiger partial charge on any atom is 0.137 e. The van der Waals surface area contributed by atoms with Crippen molar-refractivity contribution in [3.8, 4) is 5.75 Å². The fraction of sp³-hybridized carbons (Fsp3) is 0.500. The highest BCUT2D eigenvalue weighted by molar-refractivity contribution is 9.11. The van der Waals surface area contributed by atoms with Crippen LogP contribution in [0.4, 0.5) is 0 Å². The van der Waals surface area contributed by atoms with E-state index in [9.17, 15) is 0 Å². The van der Waals surface area contributed by atoms with E-state index in [1.807, 2.05) is 6.07 Å². The van der Waals surface area contributed by atoms with Gasteiger partial charge >= 0.3 is 0 Å². The molecule has 1 N–H and O–H groups in total. The molecule has 1 aromatic rings. The molecular formula is C12H17Br2NO. The topological polar surface area (TPSA) is 21.3 Å². The van der Waals surface area contributed by atoms with Crippen molar-refractivity contribution < 1.29 is 4.74 Å². The molecule has 2 nitrogen and oxygen atoms in total. The Morgan fingerprint density at radius 1 is 1.38 bits per heavy atom. The van der Waals surface area contributed by atoms with Crippen LogP contribution in [-0.2, 0) is 6.54 Å². The highest BCUT2D eigenvalue weighted by Gasteiger charge is 2.09. The van der Waals surface area contributed by atoms with Gasteiger partial charge in [-0.2, -0.15) is 0 Å². The van der Waals surface area contributed by atoms with Crippen LogP contribution in [0.3, 0.4) is 0 Å². The fourth-order valence-corrected chi connectivity index (χ4v) is 2.88. The van der Waals surface area contributed by atoms with Crippen molar-refractivity contribution in [1.29, 1.82) is 0 Å². The molecule has 0 aliphatic rings. The van der Waals surface area contributed by atoms with Gasteiger partial charge in [0.2, 0.25) is 0 Å². The standard InChI is InChI=1S/C12H17Br2NO/c1-4-8(2)15-7-9-5-10(13)6-11(14)12(9)16-3/h5-6,8,15H,4,7H2,1-3H3/t8-/m1/s1. The van der Waals surface area contributed by atoms with Gasteiger partial charge in [0.25, 0.3) is 0 Å². The summed E-state index contributed by atoms with van der Waals surface area (Å²) in [6, 6.07) is 4.59. The molecule has 0 saturated carbocycles. The maximum absolute atomic E-state index is 5.39. The third-order valence-corrected chi connectivity index (χ3v) is 3.59. The molecule has 0 unspecified atom stereocenters. The molecule has 1 atom stereocenters. The number of nitrogens with one attached hydrogen (secondary N) is 1. The lowest BCUT2D eigenvalue weighted by Crippen LogP contribution is -2.24. The number of methoxy groups -OCH3 is 1. The first-order valence-electron chi connectivity index (χ1n) is 5.33. The average molecular weight is 351 g/mol. The summed E-state index contributed by atoms with van der Waals surface area (Å²) in [7, 11) is 1.70. The quantitative estimate of drug-likeness (QED) is 0.862. The van der Waals surface area contributed by atoms with Crippen molar-refractivity contribution in [1.82, 2.24) is 5.32 Å². The minimum absolute atomic E-state index is 0.516. The number of hydrogen-bond acceptors (Lipinski definition) is 2. The molecule has 0 spiro atoms. The van der Waals surface area contributed by atoms with Crippen molar-refractivity contribution in [3.05, 3.63) is 26.6 Å². The Bertz CT molecular complexity index is 355. The van der Waals surface area contributed by atoms with E-state index in [1.165, 1.54) is 0 Å². The predicted molar refractivity (Wildman–Crippen MR) is 75.0 cm³/mol. The van der Waals surface area contributed by atoms with Crippen molar-refractivity contribution in [3.63, 3.8) is 0 Å². The average Bonchev–Trinajstić information content (AvgIpc) is 2.25. The lowest BCUT2D eigenvalue weighted by molar-refractivity contribution is 0.402. The van der Waals surface area contributed by atoms with Gasteiger partial charge in [-0.1, -0.05) is 22.9 Å². The fourth-order valence-electron chi connectivity index (χ4n) is 1.40. The molecule has 1 rings (SSSR count). The molecule has 0 aliphatic carbocycles. The minimum atomic E-state index is 0.516. The number of ether oxygens (including phenoxy) is 1. The zero-order chi connectivity index (χ0) is 12.1. The number of benzene rings is 1. The zero-order valence-electron chi connectivity index (χ0n) is 9.81. The maximum atomic E-state index is 5.39. The number of hydrogen-bond donors (Lipinski definition) is 1. The van der Waals surface area contributed by atoms with Gasteiger partial charge in [-0.05, 0) is 41.4 Å². The SMILES string of the molecule is CC[C@@H](C)NCc1cc(Br)cc(Br)c1OC. The Balaban J connectivity index is 2.85. The Morgan fingerprint density at radius 2 is 2.06 bits per heavy atom. The van der Waals surface area contributed by atoms with E-state index in [-0.39, 0.29) is 0 Å². The first-order chi connectivity index (χ1) is 7.58. The summed E-state index contributed by atoms with van der Waals surface area (Å²) in [5.41, 5.74) is 1.16. The summed E-state index contributed by atoms with van der Waals surface area (Å²) in [6.07, 6.45) is 1.12.